The Bertz CT molecular complexity index is 392. The Morgan fingerprint density at radius 3 is 3.06 bits per heavy atom. The highest BCUT2D eigenvalue weighted by Crippen LogP contribution is 2.22. The van der Waals surface area contributed by atoms with E-state index in [1.165, 1.54) is 17.5 Å². The van der Waals surface area contributed by atoms with Crippen LogP contribution in [-0.4, -0.2) is 19.3 Å². The van der Waals surface area contributed by atoms with Crippen molar-refractivity contribution < 1.29 is 4.74 Å². The minimum Gasteiger partial charge on any atom is -0.398 e. The SMILES string of the molecule is CCC1OCCC1CNCc1cc(C)ccc1N. The first-order chi connectivity index (χ1) is 8.70. The highest BCUT2D eigenvalue weighted by molar-refractivity contribution is 5.48. The van der Waals surface area contributed by atoms with Crippen LogP contribution < -0.4 is 11.1 Å². The third-order valence-corrected chi connectivity index (χ3v) is 3.77. The van der Waals surface area contributed by atoms with Crippen molar-refractivity contribution in [2.24, 2.45) is 5.92 Å². The molecule has 100 valence electrons. The van der Waals surface area contributed by atoms with Gasteiger partial charge in [0.15, 0.2) is 0 Å². The first-order valence-electron chi connectivity index (χ1n) is 6.88. The molecule has 2 unspecified atom stereocenters. The van der Waals surface area contributed by atoms with Gasteiger partial charge in [-0.05, 0) is 37.3 Å². The summed E-state index contributed by atoms with van der Waals surface area (Å²) in [7, 11) is 0. The first kappa shape index (κ1) is 13.4. The summed E-state index contributed by atoms with van der Waals surface area (Å²) in [6.07, 6.45) is 2.72. The average Bonchev–Trinajstić information content (AvgIpc) is 2.81. The smallest absolute Gasteiger partial charge is 0.0613 e. The van der Waals surface area contributed by atoms with Crippen LogP contribution in [0.15, 0.2) is 18.2 Å². The van der Waals surface area contributed by atoms with Crippen LogP contribution >= 0.6 is 0 Å². The van der Waals surface area contributed by atoms with E-state index in [1.54, 1.807) is 0 Å². The van der Waals surface area contributed by atoms with Gasteiger partial charge in [0.2, 0.25) is 0 Å². The van der Waals surface area contributed by atoms with Crippen molar-refractivity contribution in [3.8, 4) is 0 Å². The summed E-state index contributed by atoms with van der Waals surface area (Å²) in [5, 5.41) is 3.52. The molecule has 0 bridgehead atoms. The number of nitrogen functional groups attached to an aromatic ring is 1. The molecule has 1 aliphatic heterocycles. The minimum absolute atomic E-state index is 0.437. The highest BCUT2D eigenvalue weighted by atomic mass is 16.5. The lowest BCUT2D eigenvalue weighted by Crippen LogP contribution is -2.28. The fraction of sp³-hybridized carbons (Fsp3) is 0.600. The number of benzene rings is 1. The Morgan fingerprint density at radius 2 is 2.28 bits per heavy atom. The van der Waals surface area contributed by atoms with Gasteiger partial charge in [-0.1, -0.05) is 24.6 Å². The largest absolute Gasteiger partial charge is 0.398 e. The van der Waals surface area contributed by atoms with Crippen molar-refractivity contribution in [3.05, 3.63) is 29.3 Å². The molecule has 1 saturated heterocycles. The number of nitrogens with one attached hydrogen (secondary N) is 1. The second-order valence-electron chi connectivity index (χ2n) is 5.20. The van der Waals surface area contributed by atoms with Crippen molar-refractivity contribution in [1.82, 2.24) is 5.32 Å². The molecule has 3 heteroatoms. The average molecular weight is 248 g/mol. The standard InChI is InChI=1S/C15H24N2O/c1-3-15-12(6-7-18-15)9-17-10-13-8-11(2)4-5-14(13)16/h4-5,8,12,15,17H,3,6-7,9-10,16H2,1-2H3. The van der Waals surface area contributed by atoms with Crippen LogP contribution in [0.25, 0.3) is 0 Å². The molecule has 0 amide bonds. The summed E-state index contributed by atoms with van der Waals surface area (Å²) in [5.41, 5.74) is 9.31. The number of nitrogens with two attached hydrogens (primary N) is 1. The third-order valence-electron chi connectivity index (χ3n) is 3.77. The van der Waals surface area contributed by atoms with Crippen LogP contribution in [0.5, 0.6) is 0 Å². The maximum absolute atomic E-state index is 5.97. The number of rotatable bonds is 5. The van der Waals surface area contributed by atoms with Crippen molar-refractivity contribution in [2.75, 3.05) is 18.9 Å². The van der Waals surface area contributed by atoms with Crippen molar-refractivity contribution >= 4 is 5.69 Å². The van der Waals surface area contributed by atoms with Gasteiger partial charge >= 0.3 is 0 Å². The van der Waals surface area contributed by atoms with Gasteiger partial charge < -0.3 is 15.8 Å². The normalized spacial score (nSPS) is 23.4. The van der Waals surface area contributed by atoms with Gasteiger partial charge in [-0.2, -0.15) is 0 Å². The fourth-order valence-electron chi connectivity index (χ4n) is 2.66. The summed E-state index contributed by atoms with van der Waals surface area (Å²) in [5.74, 6) is 0.654. The van der Waals surface area contributed by atoms with Gasteiger partial charge in [-0.25, -0.2) is 0 Å². The molecule has 1 aromatic rings. The second kappa shape index (κ2) is 6.21. The van der Waals surface area contributed by atoms with Crippen molar-refractivity contribution in [1.29, 1.82) is 0 Å². The molecule has 1 heterocycles. The second-order valence-corrected chi connectivity index (χ2v) is 5.20. The van der Waals surface area contributed by atoms with Crippen LogP contribution in [0.2, 0.25) is 0 Å². The summed E-state index contributed by atoms with van der Waals surface area (Å²) in [6, 6.07) is 6.20. The predicted molar refractivity (Wildman–Crippen MR) is 75.4 cm³/mol. The Kier molecular flexibility index (Phi) is 4.61. The fourth-order valence-corrected chi connectivity index (χ4v) is 2.66. The summed E-state index contributed by atoms with van der Waals surface area (Å²) in [4.78, 5) is 0. The maximum Gasteiger partial charge on any atom is 0.0613 e. The van der Waals surface area contributed by atoms with E-state index in [0.717, 1.165) is 31.8 Å². The van der Waals surface area contributed by atoms with Gasteiger partial charge in [0, 0.05) is 25.4 Å². The molecular formula is C15H24N2O. The zero-order chi connectivity index (χ0) is 13.0. The molecule has 18 heavy (non-hydrogen) atoms. The van der Waals surface area contributed by atoms with Crippen LogP contribution in [0.4, 0.5) is 5.69 Å². The third kappa shape index (κ3) is 3.24. The van der Waals surface area contributed by atoms with Crippen molar-refractivity contribution in [3.63, 3.8) is 0 Å². The summed E-state index contributed by atoms with van der Waals surface area (Å²) < 4.78 is 5.70. The van der Waals surface area contributed by atoms with Gasteiger partial charge in [0.25, 0.3) is 0 Å². The lowest BCUT2D eigenvalue weighted by atomic mass is 9.99. The van der Waals surface area contributed by atoms with E-state index in [0.29, 0.717) is 12.0 Å². The number of anilines is 1. The minimum atomic E-state index is 0.437. The predicted octanol–water partition coefficient (Wildman–Crippen LogP) is 2.48. The number of ether oxygens (including phenoxy) is 1. The van der Waals surface area contributed by atoms with E-state index in [-0.39, 0.29) is 0 Å². The molecule has 1 aliphatic rings. The van der Waals surface area contributed by atoms with Gasteiger partial charge in [0.05, 0.1) is 6.10 Å². The molecule has 1 fully saturated rings. The van der Waals surface area contributed by atoms with Crippen LogP contribution in [0.3, 0.4) is 0 Å². The molecule has 3 N–H and O–H groups in total. The first-order valence-corrected chi connectivity index (χ1v) is 6.88. The molecule has 1 aromatic carbocycles. The van der Waals surface area contributed by atoms with Gasteiger partial charge in [-0.3, -0.25) is 0 Å². The lowest BCUT2D eigenvalue weighted by Gasteiger charge is -2.17. The van der Waals surface area contributed by atoms with Gasteiger partial charge in [0.1, 0.15) is 0 Å². The molecule has 2 atom stereocenters. The summed E-state index contributed by atoms with van der Waals surface area (Å²) >= 11 is 0. The van der Waals surface area contributed by atoms with E-state index in [1.807, 2.05) is 6.07 Å². The van der Waals surface area contributed by atoms with Crippen LogP contribution in [0.1, 0.15) is 30.9 Å². The van der Waals surface area contributed by atoms with Crippen LogP contribution in [0, 0.1) is 12.8 Å². The van der Waals surface area contributed by atoms with E-state index in [4.69, 9.17) is 10.5 Å². The molecule has 3 nitrogen and oxygen atoms in total. The van der Waals surface area contributed by atoms with E-state index in [9.17, 15) is 0 Å². The molecule has 0 saturated carbocycles. The lowest BCUT2D eigenvalue weighted by molar-refractivity contribution is 0.0872. The molecule has 0 radical (unpaired) electrons. The topological polar surface area (TPSA) is 47.3 Å². The quantitative estimate of drug-likeness (QED) is 0.787. The number of hydrogen-bond donors (Lipinski definition) is 2. The maximum atomic E-state index is 5.97. The Labute approximate surface area is 110 Å². The molecular weight excluding hydrogens is 224 g/mol. The molecule has 0 aliphatic carbocycles. The van der Waals surface area contributed by atoms with Gasteiger partial charge in [-0.15, -0.1) is 0 Å². The number of aryl methyl sites for hydroxylation is 1. The van der Waals surface area contributed by atoms with E-state index >= 15 is 0 Å². The monoisotopic (exact) mass is 248 g/mol. The van der Waals surface area contributed by atoms with Crippen molar-refractivity contribution in [2.45, 2.75) is 39.3 Å². The Balaban J connectivity index is 1.83. The molecule has 2 rings (SSSR count). The highest BCUT2D eigenvalue weighted by Gasteiger charge is 2.25. The van der Waals surface area contributed by atoms with Crippen LogP contribution in [-0.2, 0) is 11.3 Å². The molecule has 0 aromatic heterocycles. The Morgan fingerprint density at radius 1 is 1.44 bits per heavy atom. The Hall–Kier alpha value is -1.06. The summed E-state index contributed by atoms with van der Waals surface area (Å²) in [6.45, 7) is 7.08. The zero-order valence-corrected chi connectivity index (χ0v) is 11.4. The zero-order valence-electron chi connectivity index (χ0n) is 11.4. The number of hydrogen-bond acceptors (Lipinski definition) is 3. The molecule has 0 spiro atoms. The van der Waals surface area contributed by atoms with E-state index < -0.39 is 0 Å². The van der Waals surface area contributed by atoms with E-state index in [2.05, 4.69) is 31.3 Å².